The molecule has 0 saturated carbocycles. The monoisotopic (exact) mass is 190 g/mol. The third-order valence-corrected chi connectivity index (χ3v) is 1.96. The van der Waals surface area contributed by atoms with E-state index in [1.54, 1.807) is 29.3 Å². The average Bonchev–Trinajstić information content (AvgIpc) is 2.87. The van der Waals surface area contributed by atoms with Gasteiger partial charge < -0.3 is 4.98 Å². The van der Waals surface area contributed by atoms with Gasteiger partial charge in [-0.15, -0.1) is 0 Å². The van der Waals surface area contributed by atoms with Gasteiger partial charge in [-0.1, -0.05) is 0 Å². The molecule has 0 atom stereocenters. The van der Waals surface area contributed by atoms with E-state index in [4.69, 9.17) is 0 Å². The summed E-state index contributed by atoms with van der Waals surface area (Å²) in [5, 5.41) is 4.02. The molecular formula is C9H10N4O. The predicted octanol–water partition coefficient (Wildman–Crippen LogP) is 0.857. The van der Waals surface area contributed by atoms with E-state index in [9.17, 15) is 4.79 Å². The lowest BCUT2D eigenvalue weighted by atomic mass is 10.3. The molecule has 0 bridgehead atoms. The number of carbonyl (C=O) groups excluding carboxylic acids is 1. The van der Waals surface area contributed by atoms with Gasteiger partial charge in [0, 0.05) is 25.1 Å². The fraction of sp³-hybridized carbons (Fsp3) is 0.222. The highest BCUT2D eigenvalue weighted by molar-refractivity contribution is 6.05. The second-order valence-corrected chi connectivity index (χ2v) is 2.80. The number of nitrogens with zero attached hydrogens (tertiary/aromatic N) is 3. The minimum atomic E-state index is -0.130. The fourth-order valence-electron chi connectivity index (χ4n) is 1.29. The highest BCUT2D eigenvalue weighted by Crippen LogP contribution is 2.04. The highest BCUT2D eigenvalue weighted by atomic mass is 16.1. The highest BCUT2D eigenvalue weighted by Gasteiger charge is 2.15. The van der Waals surface area contributed by atoms with Gasteiger partial charge in [-0.2, -0.15) is 5.10 Å². The van der Waals surface area contributed by atoms with Crippen LogP contribution in [0, 0.1) is 0 Å². The molecule has 0 fully saturated rings. The Labute approximate surface area is 80.8 Å². The topological polar surface area (TPSA) is 63.6 Å². The zero-order valence-corrected chi connectivity index (χ0v) is 7.77. The van der Waals surface area contributed by atoms with Crippen LogP contribution in [-0.4, -0.2) is 25.5 Å². The largest absolute Gasteiger partial charge is 0.342 e. The molecule has 0 amide bonds. The molecule has 2 aromatic rings. The van der Waals surface area contributed by atoms with E-state index in [0.717, 1.165) is 0 Å². The van der Waals surface area contributed by atoms with Crippen LogP contribution in [0.3, 0.4) is 0 Å². The molecule has 5 heteroatoms. The van der Waals surface area contributed by atoms with E-state index in [1.165, 1.54) is 0 Å². The van der Waals surface area contributed by atoms with Crippen molar-refractivity contribution >= 4 is 5.78 Å². The number of hydrogen-bond acceptors (Lipinski definition) is 3. The molecule has 0 aliphatic rings. The van der Waals surface area contributed by atoms with Crippen molar-refractivity contribution in [1.29, 1.82) is 0 Å². The minimum absolute atomic E-state index is 0.130. The van der Waals surface area contributed by atoms with E-state index in [2.05, 4.69) is 15.1 Å². The summed E-state index contributed by atoms with van der Waals surface area (Å²) in [5.74, 6) is 0.217. The number of imidazole rings is 1. The minimum Gasteiger partial charge on any atom is -0.342 e. The van der Waals surface area contributed by atoms with Crippen molar-refractivity contribution < 1.29 is 4.79 Å². The fourth-order valence-corrected chi connectivity index (χ4v) is 1.29. The van der Waals surface area contributed by atoms with Gasteiger partial charge in [0.1, 0.15) is 5.69 Å². The number of nitrogens with one attached hydrogen (secondary N) is 1. The molecule has 1 N–H and O–H groups in total. The van der Waals surface area contributed by atoms with Crippen LogP contribution in [0.1, 0.15) is 23.2 Å². The number of aromatic amines is 1. The number of carbonyl (C=O) groups is 1. The normalized spacial score (nSPS) is 10.4. The standard InChI is InChI=1S/C9H10N4O/c1-2-13-7(3-4-12-13)8(14)9-10-5-6-11-9/h3-6H,2H2,1H3,(H,10,11). The number of rotatable bonds is 3. The van der Waals surface area contributed by atoms with Crippen molar-refractivity contribution in [2.24, 2.45) is 0 Å². The number of ketones is 1. The third kappa shape index (κ3) is 1.32. The Kier molecular flexibility index (Phi) is 2.14. The Bertz CT molecular complexity index is 429. The van der Waals surface area contributed by atoms with Crippen LogP contribution in [0.15, 0.2) is 24.7 Å². The summed E-state index contributed by atoms with van der Waals surface area (Å²) in [7, 11) is 0. The molecule has 0 spiro atoms. The first kappa shape index (κ1) is 8.68. The van der Waals surface area contributed by atoms with Gasteiger partial charge in [0.25, 0.3) is 0 Å². The molecule has 0 aromatic carbocycles. The first-order valence-corrected chi connectivity index (χ1v) is 4.39. The van der Waals surface area contributed by atoms with Crippen molar-refractivity contribution in [3.05, 3.63) is 36.2 Å². The third-order valence-electron chi connectivity index (χ3n) is 1.96. The van der Waals surface area contributed by atoms with Crippen molar-refractivity contribution in [2.75, 3.05) is 0 Å². The summed E-state index contributed by atoms with van der Waals surface area (Å²) in [5.41, 5.74) is 0.558. The molecule has 2 rings (SSSR count). The van der Waals surface area contributed by atoms with Crippen molar-refractivity contribution in [3.8, 4) is 0 Å². The average molecular weight is 190 g/mol. The lowest BCUT2D eigenvalue weighted by molar-refractivity contribution is 0.102. The maximum atomic E-state index is 11.8. The SMILES string of the molecule is CCn1nccc1C(=O)c1ncc[nH]1. The van der Waals surface area contributed by atoms with E-state index in [0.29, 0.717) is 18.1 Å². The van der Waals surface area contributed by atoms with Crippen LogP contribution in [0.2, 0.25) is 0 Å². The summed E-state index contributed by atoms with van der Waals surface area (Å²) >= 11 is 0. The Balaban J connectivity index is 2.36. The molecule has 0 saturated heterocycles. The smallest absolute Gasteiger partial charge is 0.246 e. The zero-order chi connectivity index (χ0) is 9.97. The zero-order valence-electron chi connectivity index (χ0n) is 7.77. The lowest BCUT2D eigenvalue weighted by Gasteiger charge is -2.00. The van der Waals surface area contributed by atoms with Gasteiger partial charge in [0.05, 0.1) is 0 Å². The number of H-pyrrole nitrogens is 1. The van der Waals surface area contributed by atoms with Gasteiger partial charge in [-0.3, -0.25) is 9.48 Å². The molecule has 14 heavy (non-hydrogen) atoms. The van der Waals surface area contributed by atoms with Gasteiger partial charge in [0.15, 0.2) is 5.82 Å². The first-order valence-electron chi connectivity index (χ1n) is 4.39. The summed E-state index contributed by atoms with van der Waals surface area (Å²) < 4.78 is 1.64. The van der Waals surface area contributed by atoms with Crippen LogP contribution in [0.25, 0.3) is 0 Å². The van der Waals surface area contributed by atoms with Gasteiger partial charge in [0.2, 0.25) is 5.78 Å². The Morgan fingerprint density at radius 1 is 1.57 bits per heavy atom. The molecule has 2 heterocycles. The summed E-state index contributed by atoms with van der Waals surface area (Å²) in [6.45, 7) is 2.61. The van der Waals surface area contributed by atoms with E-state index in [-0.39, 0.29) is 5.78 Å². The first-order chi connectivity index (χ1) is 6.83. The van der Waals surface area contributed by atoms with Crippen LogP contribution < -0.4 is 0 Å². The molecule has 72 valence electrons. The summed E-state index contributed by atoms with van der Waals surface area (Å²) in [4.78, 5) is 18.5. The van der Waals surface area contributed by atoms with Crippen LogP contribution in [-0.2, 0) is 6.54 Å². The van der Waals surface area contributed by atoms with E-state index >= 15 is 0 Å². The summed E-state index contributed by atoms with van der Waals surface area (Å²) in [6.07, 6.45) is 4.79. The number of hydrogen-bond donors (Lipinski definition) is 1. The van der Waals surface area contributed by atoms with Gasteiger partial charge in [-0.05, 0) is 13.0 Å². The number of aromatic nitrogens is 4. The van der Waals surface area contributed by atoms with Crippen LogP contribution >= 0.6 is 0 Å². The molecular weight excluding hydrogens is 180 g/mol. The quantitative estimate of drug-likeness (QED) is 0.730. The molecule has 0 aliphatic heterocycles. The Morgan fingerprint density at radius 2 is 2.43 bits per heavy atom. The van der Waals surface area contributed by atoms with Gasteiger partial charge >= 0.3 is 0 Å². The second-order valence-electron chi connectivity index (χ2n) is 2.80. The maximum absolute atomic E-state index is 11.8. The van der Waals surface area contributed by atoms with Crippen LogP contribution in [0.5, 0.6) is 0 Å². The molecule has 0 unspecified atom stereocenters. The maximum Gasteiger partial charge on any atom is 0.246 e. The second kappa shape index (κ2) is 3.45. The Morgan fingerprint density at radius 3 is 3.07 bits per heavy atom. The van der Waals surface area contributed by atoms with Crippen molar-refractivity contribution in [2.45, 2.75) is 13.5 Å². The van der Waals surface area contributed by atoms with E-state index in [1.807, 2.05) is 6.92 Å². The molecule has 5 nitrogen and oxygen atoms in total. The molecule has 0 radical (unpaired) electrons. The van der Waals surface area contributed by atoms with Crippen molar-refractivity contribution in [3.63, 3.8) is 0 Å². The Hall–Kier alpha value is -1.91. The van der Waals surface area contributed by atoms with Crippen molar-refractivity contribution in [1.82, 2.24) is 19.7 Å². The lowest BCUT2D eigenvalue weighted by Crippen LogP contribution is -2.11. The summed E-state index contributed by atoms with van der Waals surface area (Å²) in [6, 6.07) is 1.69. The van der Waals surface area contributed by atoms with Crippen LogP contribution in [0.4, 0.5) is 0 Å². The molecule has 0 aliphatic carbocycles. The number of aryl methyl sites for hydroxylation is 1. The van der Waals surface area contributed by atoms with Gasteiger partial charge in [-0.25, -0.2) is 4.98 Å². The predicted molar refractivity (Wildman–Crippen MR) is 49.9 cm³/mol. The molecule has 2 aromatic heterocycles. The van der Waals surface area contributed by atoms with E-state index < -0.39 is 0 Å².